The van der Waals surface area contributed by atoms with E-state index in [1.165, 1.54) is 18.2 Å². The Kier molecular flexibility index (Phi) is 16.2. The molecule has 6 aromatic carbocycles. The molecule has 2 radical (unpaired) electrons. The number of carboxylic acids is 3. The van der Waals surface area contributed by atoms with Crippen molar-refractivity contribution in [3.05, 3.63) is 177 Å². The summed E-state index contributed by atoms with van der Waals surface area (Å²) in [7, 11) is 0. The van der Waals surface area contributed by atoms with Crippen LogP contribution in [0.3, 0.4) is 0 Å². The molecule has 6 rings (SSSR count). The van der Waals surface area contributed by atoms with Gasteiger partial charge in [0.05, 0.1) is 17.9 Å². The summed E-state index contributed by atoms with van der Waals surface area (Å²) < 4.78 is 0. The average molecular weight is 930 g/mol. The van der Waals surface area contributed by atoms with Gasteiger partial charge in [-0.1, -0.05) is 91.0 Å². The number of benzene rings is 6. The van der Waals surface area contributed by atoms with Crippen LogP contribution < -0.4 is 31.3 Å². The molecule has 0 atom stereocenters. The minimum atomic E-state index is -1.18. The summed E-state index contributed by atoms with van der Waals surface area (Å²) in [6.45, 7) is 12.1. The summed E-state index contributed by atoms with van der Waals surface area (Å²) in [5.74, 6) is -3.53. The van der Waals surface area contributed by atoms with Crippen LogP contribution in [0.15, 0.2) is 127 Å². The van der Waals surface area contributed by atoms with Gasteiger partial charge in [0.1, 0.15) is 0 Å². The van der Waals surface area contributed by atoms with E-state index in [0.717, 1.165) is 50.4 Å². The predicted molar refractivity (Wildman–Crippen MR) is 216 cm³/mol. The van der Waals surface area contributed by atoms with Gasteiger partial charge in [0, 0.05) is 50.8 Å². The maximum Gasteiger partial charge on any atom is 3.00 e. The van der Waals surface area contributed by atoms with Gasteiger partial charge < -0.3 is 45.7 Å². The number of hydrogen-bond acceptors (Lipinski definition) is 9. The monoisotopic (exact) mass is 929 g/mol. The van der Waals surface area contributed by atoms with Crippen LogP contribution >= 0.6 is 0 Å². The van der Waals surface area contributed by atoms with E-state index in [9.17, 15) is 29.7 Å². The Morgan fingerprint density at radius 3 is 0.800 bits per heavy atom. The van der Waals surface area contributed by atoms with Gasteiger partial charge in [-0.15, -0.1) is 0 Å². The Bertz CT molecular complexity index is 2030. The van der Waals surface area contributed by atoms with Crippen molar-refractivity contribution < 1.29 is 29.7 Å². The quantitative estimate of drug-likeness (QED) is 0.132. The van der Waals surface area contributed by atoms with Gasteiger partial charge in [-0.3, -0.25) is 0 Å². The standard InChI is InChI=1S/3C15H15NO2.Bi/c3*1-10-6-5-9-13(11(10)2)16-14-8-4-3-7-12(14)15(17)18;/h3*3-9,16H,1-2H3,(H,17,18);/q;;;+3/p-3. The van der Waals surface area contributed by atoms with Crippen LogP contribution in [0.5, 0.6) is 0 Å². The Morgan fingerprint density at radius 1 is 0.345 bits per heavy atom. The summed E-state index contributed by atoms with van der Waals surface area (Å²) in [5, 5.41) is 42.5. The maximum atomic E-state index is 11.0. The fourth-order valence-corrected chi connectivity index (χ4v) is 5.41. The van der Waals surface area contributed by atoms with Crippen LogP contribution in [0.1, 0.15) is 64.5 Å². The topological polar surface area (TPSA) is 156 Å². The fraction of sp³-hybridized carbons (Fsp3) is 0.133. The normalized spacial score (nSPS) is 9.93. The molecule has 0 aliphatic heterocycles. The Labute approximate surface area is 341 Å². The molecule has 0 saturated carbocycles. The van der Waals surface area contributed by atoms with E-state index in [4.69, 9.17) is 0 Å². The Morgan fingerprint density at radius 2 is 0.564 bits per heavy atom. The Balaban J connectivity index is 0.000000220. The van der Waals surface area contributed by atoms with E-state index in [1.807, 2.05) is 96.1 Å². The number of hydrogen-bond donors (Lipinski definition) is 3. The number of anilines is 6. The predicted octanol–water partition coefficient (Wildman–Crippen LogP) is 6.85. The molecule has 10 heteroatoms. The van der Waals surface area contributed by atoms with Gasteiger partial charge in [0.2, 0.25) is 0 Å². The third-order valence-electron chi connectivity index (χ3n) is 9.06. The molecule has 0 bridgehead atoms. The van der Waals surface area contributed by atoms with Gasteiger partial charge in [0.25, 0.3) is 0 Å². The second kappa shape index (κ2) is 20.5. The van der Waals surface area contributed by atoms with Crippen LogP contribution in [0.25, 0.3) is 0 Å². The minimum Gasteiger partial charge on any atom is -0.545 e. The third-order valence-corrected chi connectivity index (χ3v) is 9.06. The van der Waals surface area contributed by atoms with Crippen molar-refractivity contribution in [3.63, 3.8) is 0 Å². The van der Waals surface area contributed by atoms with Gasteiger partial charge in [0.15, 0.2) is 0 Å². The summed E-state index contributed by atoms with van der Waals surface area (Å²) in [5.41, 5.74) is 11.6. The largest absolute Gasteiger partial charge is 3.00 e. The van der Waals surface area contributed by atoms with Crippen molar-refractivity contribution in [2.45, 2.75) is 41.5 Å². The van der Waals surface area contributed by atoms with Crippen molar-refractivity contribution in [2.75, 3.05) is 16.0 Å². The zero-order chi connectivity index (χ0) is 39.4. The molecule has 0 amide bonds. The number of aromatic carboxylic acids is 3. The number of aryl methyl sites for hydroxylation is 3. The SMILES string of the molecule is Cc1cccc(Nc2ccccc2C(=O)[O-])c1C.Cc1cccc(Nc2ccccc2C(=O)[O-])c1C.Cc1cccc(Nc2ccccc2C(=O)[O-])c1C.[Bi+3]. The summed E-state index contributed by atoms with van der Waals surface area (Å²) >= 11 is 0. The molecule has 6 aromatic rings. The van der Waals surface area contributed by atoms with Crippen molar-refractivity contribution in [3.8, 4) is 0 Å². The summed E-state index contributed by atoms with van der Waals surface area (Å²) in [6.07, 6.45) is 0. The minimum absolute atomic E-state index is 0. The molecule has 0 aliphatic carbocycles. The molecule has 0 heterocycles. The molecule has 0 spiro atoms. The number of para-hydroxylation sites is 3. The second-order valence-corrected chi connectivity index (χ2v) is 12.6. The van der Waals surface area contributed by atoms with E-state index in [1.54, 1.807) is 54.6 Å². The number of rotatable bonds is 9. The van der Waals surface area contributed by atoms with Crippen LogP contribution in [0.4, 0.5) is 34.1 Å². The summed E-state index contributed by atoms with van der Waals surface area (Å²) in [6, 6.07) is 37.8. The molecule has 0 aromatic heterocycles. The van der Waals surface area contributed by atoms with E-state index in [2.05, 4.69) is 16.0 Å². The fourth-order valence-electron chi connectivity index (χ4n) is 5.41. The number of nitrogens with one attached hydrogen (secondary N) is 3. The molecule has 3 N–H and O–H groups in total. The van der Waals surface area contributed by atoms with E-state index in [0.29, 0.717) is 17.1 Å². The van der Waals surface area contributed by atoms with Gasteiger partial charge >= 0.3 is 26.2 Å². The van der Waals surface area contributed by atoms with Crippen LogP contribution in [-0.4, -0.2) is 44.1 Å². The van der Waals surface area contributed by atoms with E-state index in [-0.39, 0.29) is 42.9 Å². The first-order chi connectivity index (χ1) is 25.8. The molecule has 0 fully saturated rings. The van der Waals surface area contributed by atoms with E-state index >= 15 is 0 Å². The zero-order valence-corrected chi connectivity index (χ0v) is 35.0. The number of carbonyl (C=O) groups is 3. The molecule has 0 unspecified atom stereocenters. The van der Waals surface area contributed by atoms with Crippen molar-refractivity contribution in [1.82, 2.24) is 0 Å². The van der Waals surface area contributed by atoms with Crippen molar-refractivity contribution >= 4 is 78.2 Å². The van der Waals surface area contributed by atoms with E-state index < -0.39 is 17.9 Å². The molecule has 0 aliphatic rings. The average Bonchev–Trinajstić information content (AvgIpc) is 3.15. The summed E-state index contributed by atoms with van der Waals surface area (Å²) in [4.78, 5) is 33.0. The molecule has 0 saturated heterocycles. The molecular formula is C45H42BiN3O6. The van der Waals surface area contributed by atoms with Gasteiger partial charge in [-0.05, 0) is 111 Å². The maximum absolute atomic E-state index is 11.0. The Hall–Kier alpha value is -5.99. The molecule has 55 heavy (non-hydrogen) atoms. The second-order valence-electron chi connectivity index (χ2n) is 12.6. The zero-order valence-electron chi connectivity index (χ0n) is 31.5. The third kappa shape index (κ3) is 11.7. The number of carbonyl (C=O) groups excluding carboxylic acids is 3. The molecule has 278 valence electrons. The first-order valence-electron chi connectivity index (χ1n) is 17.2. The van der Waals surface area contributed by atoms with Crippen LogP contribution in [0.2, 0.25) is 0 Å². The molecule has 9 nitrogen and oxygen atoms in total. The first kappa shape index (κ1) is 43.4. The van der Waals surface area contributed by atoms with Crippen molar-refractivity contribution in [2.24, 2.45) is 0 Å². The van der Waals surface area contributed by atoms with Crippen LogP contribution in [-0.2, 0) is 0 Å². The van der Waals surface area contributed by atoms with Gasteiger partial charge in [-0.25, -0.2) is 0 Å². The smallest absolute Gasteiger partial charge is 0.545 e. The van der Waals surface area contributed by atoms with Crippen LogP contribution in [0, 0.1) is 41.5 Å². The van der Waals surface area contributed by atoms with Gasteiger partial charge in [-0.2, -0.15) is 0 Å². The number of carboxylic acid groups (broad SMARTS) is 3. The van der Waals surface area contributed by atoms with Crippen molar-refractivity contribution in [1.29, 1.82) is 0 Å². The first-order valence-corrected chi connectivity index (χ1v) is 17.2. The molecular weight excluding hydrogens is 887 g/mol.